The van der Waals surface area contributed by atoms with E-state index >= 15 is 0 Å². The van der Waals surface area contributed by atoms with E-state index in [0.717, 1.165) is 25.2 Å². The smallest absolute Gasteiger partial charge is 0.223 e. The topological polar surface area (TPSA) is 53.0 Å². The van der Waals surface area contributed by atoms with Crippen LogP contribution in [0.3, 0.4) is 0 Å². The van der Waals surface area contributed by atoms with Crippen molar-refractivity contribution in [3.05, 3.63) is 54.1 Å². The van der Waals surface area contributed by atoms with Gasteiger partial charge in [0.25, 0.3) is 0 Å². The van der Waals surface area contributed by atoms with E-state index in [1.54, 1.807) is 12.1 Å². The molecule has 0 aliphatic carbocycles. The summed E-state index contributed by atoms with van der Waals surface area (Å²) in [5.41, 5.74) is 2.15. The summed E-state index contributed by atoms with van der Waals surface area (Å²) in [6.07, 6.45) is 1.33. The van der Waals surface area contributed by atoms with Crippen LogP contribution in [0.2, 0.25) is 0 Å². The third-order valence-corrected chi connectivity index (χ3v) is 4.63. The first-order valence-corrected chi connectivity index (χ1v) is 8.61. The van der Waals surface area contributed by atoms with Crippen LogP contribution in [0.15, 0.2) is 48.5 Å². The molecule has 1 saturated heterocycles. The quantitative estimate of drug-likeness (QED) is 0.909. The number of carbonyl (C=O) groups excluding carboxylic acids is 1. The normalized spacial score (nSPS) is 14.4. The Labute approximate surface area is 148 Å². The molecule has 5 nitrogen and oxygen atoms in total. The fourth-order valence-electron chi connectivity index (χ4n) is 3.14. The van der Waals surface area contributed by atoms with E-state index in [4.69, 9.17) is 4.74 Å². The maximum atomic E-state index is 12.4. The highest BCUT2D eigenvalue weighted by Gasteiger charge is 2.21. The first-order chi connectivity index (χ1) is 12.2. The molecule has 3 rings (SSSR count). The van der Waals surface area contributed by atoms with Crippen LogP contribution in [0.4, 0.5) is 5.69 Å². The number of hydrogen-bond acceptors (Lipinski definition) is 4. The van der Waals surface area contributed by atoms with Gasteiger partial charge in [-0.1, -0.05) is 30.3 Å². The minimum atomic E-state index is 0.140. The molecule has 0 unspecified atom stereocenters. The van der Waals surface area contributed by atoms with Gasteiger partial charge in [-0.05, 0) is 24.1 Å². The second kappa shape index (κ2) is 7.92. The minimum Gasteiger partial charge on any atom is -0.504 e. The van der Waals surface area contributed by atoms with Gasteiger partial charge in [0, 0.05) is 44.4 Å². The Kier molecular flexibility index (Phi) is 5.43. The van der Waals surface area contributed by atoms with E-state index < -0.39 is 0 Å². The molecule has 0 spiro atoms. The first kappa shape index (κ1) is 17.1. The number of piperazine rings is 1. The van der Waals surface area contributed by atoms with Crippen LogP contribution in [-0.2, 0) is 11.2 Å². The van der Waals surface area contributed by atoms with E-state index in [9.17, 15) is 9.90 Å². The van der Waals surface area contributed by atoms with Crippen LogP contribution in [0.1, 0.15) is 12.0 Å². The molecule has 0 saturated carbocycles. The molecule has 1 fully saturated rings. The number of aryl methyl sites for hydroxylation is 1. The molecule has 2 aromatic rings. The number of phenols is 1. The van der Waals surface area contributed by atoms with Crippen molar-refractivity contribution in [3.63, 3.8) is 0 Å². The highest BCUT2D eigenvalue weighted by Crippen LogP contribution is 2.30. The molecule has 132 valence electrons. The van der Waals surface area contributed by atoms with Crippen LogP contribution in [0, 0.1) is 0 Å². The first-order valence-electron chi connectivity index (χ1n) is 8.61. The number of aromatic hydroxyl groups is 1. The van der Waals surface area contributed by atoms with Crippen molar-refractivity contribution < 1.29 is 14.6 Å². The summed E-state index contributed by atoms with van der Waals surface area (Å²) < 4.78 is 5.08. The van der Waals surface area contributed by atoms with Gasteiger partial charge in [-0.25, -0.2) is 0 Å². The van der Waals surface area contributed by atoms with Crippen molar-refractivity contribution in [3.8, 4) is 11.5 Å². The minimum absolute atomic E-state index is 0.140. The summed E-state index contributed by atoms with van der Waals surface area (Å²) >= 11 is 0. The number of anilines is 1. The Morgan fingerprint density at radius 1 is 1.08 bits per heavy atom. The number of amides is 1. The number of phenolic OH excluding ortho intramolecular Hbond substituents is 1. The van der Waals surface area contributed by atoms with Gasteiger partial charge in [-0.3, -0.25) is 4.79 Å². The average molecular weight is 340 g/mol. The molecule has 0 atom stereocenters. The van der Waals surface area contributed by atoms with Crippen molar-refractivity contribution in [1.82, 2.24) is 4.90 Å². The van der Waals surface area contributed by atoms with Gasteiger partial charge >= 0.3 is 0 Å². The van der Waals surface area contributed by atoms with Crippen LogP contribution in [0.25, 0.3) is 0 Å². The predicted octanol–water partition coefficient (Wildman–Crippen LogP) is 2.68. The summed E-state index contributed by atoms with van der Waals surface area (Å²) in [7, 11) is 1.54. The molecule has 0 aromatic heterocycles. The van der Waals surface area contributed by atoms with E-state index in [0.29, 0.717) is 25.3 Å². The molecule has 1 N–H and O–H groups in total. The van der Waals surface area contributed by atoms with Crippen LogP contribution in [0.5, 0.6) is 11.5 Å². The number of ether oxygens (including phenoxy) is 1. The van der Waals surface area contributed by atoms with Gasteiger partial charge in [0.1, 0.15) is 0 Å². The monoisotopic (exact) mass is 340 g/mol. The summed E-state index contributed by atoms with van der Waals surface area (Å²) in [6.45, 7) is 2.95. The number of methoxy groups -OCH3 is 1. The molecule has 5 heteroatoms. The van der Waals surface area contributed by atoms with E-state index in [-0.39, 0.29) is 11.7 Å². The number of nitrogens with zero attached hydrogens (tertiary/aromatic N) is 2. The molecule has 0 bridgehead atoms. The average Bonchev–Trinajstić information content (AvgIpc) is 2.67. The predicted molar refractivity (Wildman–Crippen MR) is 98.2 cm³/mol. The molecular weight excluding hydrogens is 316 g/mol. The van der Waals surface area contributed by atoms with Crippen molar-refractivity contribution in [1.29, 1.82) is 0 Å². The van der Waals surface area contributed by atoms with Crippen LogP contribution >= 0.6 is 0 Å². The second-order valence-corrected chi connectivity index (χ2v) is 6.21. The lowest BCUT2D eigenvalue weighted by molar-refractivity contribution is -0.131. The van der Waals surface area contributed by atoms with Gasteiger partial charge in [-0.15, -0.1) is 0 Å². The number of hydrogen-bond donors (Lipinski definition) is 1. The van der Waals surface area contributed by atoms with E-state index in [2.05, 4.69) is 17.0 Å². The maximum absolute atomic E-state index is 12.4. The fraction of sp³-hybridized carbons (Fsp3) is 0.350. The van der Waals surface area contributed by atoms with Gasteiger partial charge in [0.2, 0.25) is 5.91 Å². The van der Waals surface area contributed by atoms with Gasteiger partial charge in [0.15, 0.2) is 11.5 Å². The number of benzene rings is 2. The Bertz CT molecular complexity index is 710. The van der Waals surface area contributed by atoms with E-state index in [1.165, 1.54) is 12.7 Å². The third-order valence-electron chi connectivity index (χ3n) is 4.63. The Morgan fingerprint density at radius 2 is 1.80 bits per heavy atom. The molecule has 1 amide bonds. The molecule has 1 heterocycles. The Balaban J connectivity index is 1.51. The number of carbonyl (C=O) groups is 1. The van der Waals surface area contributed by atoms with Crippen LogP contribution in [-0.4, -0.2) is 49.2 Å². The van der Waals surface area contributed by atoms with Crippen molar-refractivity contribution in [2.24, 2.45) is 0 Å². The summed E-state index contributed by atoms with van der Waals surface area (Å²) in [5.74, 6) is 0.820. The Hall–Kier alpha value is -2.69. The Morgan fingerprint density at radius 3 is 2.44 bits per heavy atom. The third kappa shape index (κ3) is 4.24. The summed E-state index contributed by atoms with van der Waals surface area (Å²) in [5, 5.41) is 9.92. The lowest BCUT2D eigenvalue weighted by Crippen LogP contribution is -2.48. The standard InChI is InChI=1S/C20H24N2O3/c1-25-19-9-8-17(15-18(19)23)21-11-13-22(14-12-21)20(24)10-7-16-5-3-2-4-6-16/h2-6,8-9,15,23H,7,10-14H2,1H3. The molecule has 25 heavy (non-hydrogen) atoms. The SMILES string of the molecule is COc1ccc(N2CCN(C(=O)CCc3ccccc3)CC2)cc1O. The lowest BCUT2D eigenvalue weighted by Gasteiger charge is -2.36. The second-order valence-electron chi connectivity index (χ2n) is 6.21. The molecule has 1 aliphatic heterocycles. The lowest BCUT2D eigenvalue weighted by atomic mass is 10.1. The van der Waals surface area contributed by atoms with Gasteiger partial charge in [-0.2, -0.15) is 0 Å². The number of rotatable bonds is 5. The van der Waals surface area contributed by atoms with Crippen molar-refractivity contribution >= 4 is 11.6 Å². The van der Waals surface area contributed by atoms with E-state index in [1.807, 2.05) is 29.2 Å². The molecule has 2 aromatic carbocycles. The zero-order chi connectivity index (χ0) is 17.6. The van der Waals surface area contributed by atoms with Gasteiger partial charge < -0.3 is 19.6 Å². The molecule has 0 radical (unpaired) electrons. The zero-order valence-electron chi connectivity index (χ0n) is 14.5. The largest absolute Gasteiger partial charge is 0.504 e. The highest BCUT2D eigenvalue weighted by atomic mass is 16.5. The molecule has 1 aliphatic rings. The fourth-order valence-corrected chi connectivity index (χ4v) is 3.14. The highest BCUT2D eigenvalue weighted by molar-refractivity contribution is 5.76. The van der Waals surface area contributed by atoms with Crippen molar-refractivity contribution in [2.75, 3.05) is 38.2 Å². The zero-order valence-corrected chi connectivity index (χ0v) is 14.5. The maximum Gasteiger partial charge on any atom is 0.223 e. The molecular formula is C20H24N2O3. The summed E-state index contributed by atoms with van der Waals surface area (Å²) in [6, 6.07) is 15.5. The van der Waals surface area contributed by atoms with Crippen LogP contribution < -0.4 is 9.64 Å². The summed E-state index contributed by atoms with van der Waals surface area (Å²) in [4.78, 5) is 16.5. The van der Waals surface area contributed by atoms with Gasteiger partial charge in [0.05, 0.1) is 7.11 Å². The van der Waals surface area contributed by atoms with Crippen molar-refractivity contribution in [2.45, 2.75) is 12.8 Å².